The van der Waals surface area contributed by atoms with Gasteiger partial charge < -0.3 is 15.4 Å². The molecule has 0 amide bonds. The maximum atomic E-state index is 5.54. The van der Waals surface area contributed by atoms with Crippen molar-refractivity contribution in [2.45, 2.75) is 40.3 Å². The van der Waals surface area contributed by atoms with E-state index in [1.807, 2.05) is 25.3 Å². The van der Waals surface area contributed by atoms with Gasteiger partial charge in [-0.25, -0.2) is 9.98 Å². The monoisotopic (exact) mass is 360 g/mol. The summed E-state index contributed by atoms with van der Waals surface area (Å²) in [7, 11) is 0. The number of thiazole rings is 1. The van der Waals surface area contributed by atoms with Crippen LogP contribution < -0.4 is 10.6 Å². The van der Waals surface area contributed by atoms with Crippen LogP contribution in [0.5, 0.6) is 0 Å². The summed E-state index contributed by atoms with van der Waals surface area (Å²) < 4.78 is 5.54. The quantitative estimate of drug-likeness (QED) is 0.532. The van der Waals surface area contributed by atoms with Crippen LogP contribution in [0.1, 0.15) is 34.9 Å². The first-order valence-corrected chi connectivity index (χ1v) is 9.62. The smallest absolute Gasteiger partial charge is 0.191 e. The van der Waals surface area contributed by atoms with Crippen LogP contribution in [-0.4, -0.2) is 30.6 Å². The van der Waals surface area contributed by atoms with E-state index in [9.17, 15) is 0 Å². The largest absolute Gasteiger partial charge is 0.377 e. The Morgan fingerprint density at radius 1 is 1.20 bits per heavy atom. The lowest BCUT2D eigenvalue weighted by Gasteiger charge is -2.12. The number of ether oxygens (including phenoxy) is 1. The second-order valence-corrected chi connectivity index (χ2v) is 6.96. The van der Waals surface area contributed by atoms with Gasteiger partial charge in [0.1, 0.15) is 0 Å². The first-order chi connectivity index (χ1) is 12.2. The molecule has 0 atom stereocenters. The van der Waals surface area contributed by atoms with Gasteiger partial charge >= 0.3 is 0 Å². The van der Waals surface area contributed by atoms with Crippen LogP contribution in [0.2, 0.25) is 0 Å². The molecule has 5 nitrogen and oxygen atoms in total. The fourth-order valence-corrected chi connectivity index (χ4v) is 3.16. The van der Waals surface area contributed by atoms with E-state index in [0.717, 1.165) is 37.1 Å². The summed E-state index contributed by atoms with van der Waals surface area (Å²) in [6.07, 6.45) is 2.83. The summed E-state index contributed by atoms with van der Waals surface area (Å²) in [6.45, 7) is 9.81. The number of hydrogen-bond acceptors (Lipinski definition) is 4. The molecule has 2 aromatic rings. The zero-order chi connectivity index (χ0) is 17.9. The molecule has 0 saturated heterocycles. The minimum atomic E-state index is 0.634. The predicted octanol–water partition coefficient (Wildman–Crippen LogP) is 3.29. The van der Waals surface area contributed by atoms with Crippen molar-refractivity contribution in [3.63, 3.8) is 0 Å². The van der Waals surface area contributed by atoms with Gasteiger partial charge in [0.15, 0.2) is 5.96 Å². The zero-order valence-corrected chi connectivity index (χ0v) is 16.2. The third-order valence-electron chi connectivity index (χ3n) is 3.63. The van der Waals surface area contributed by atoms with Gasteiger partial charge in [-0.15, -0.1) is 11.3 Å². The molecular formula is C19H28N4OS. The lowest BCUT2D eigenvalue weighted by atomic mass is 10.1. The molecule has 6 heteroatoms. The molecule has 0 aliphatic rings. The van der Waals surface area contributed by atoms with Crippen LogP contribution in [0, 0.1) is 6.92 Å². The fourth-order valence-electron chi connectivity index (χ4n) is 2.38. The Bertz CT molecular complexity index is 669. The highest BCUT2D eigenvalue weighted by molar-refractivity contribution is 7.11. The molecule has 0 aliphatic carbocycles. The van der Waals surface area contributed by atoms with Gasteiger partial charge in [-0.3, -0.25) is 0 Å². The van der Waals surface area contributed by atoms with Crippen LogP contribution in [0.3, 0.4) is 0 Å². The summed E-state index contributed by atoms with van der Waals surface area (Å²) >= 11 is 1.75. The van der Waals surface area contributed by atoms with Crippen molar-refractivity contribution in [1.82, 2.24) is 15.6 Å². The average Bonchev–Trinajstić information content (AvgIpc) is 3.03. The fraction of sp³-hybridized carbons (Fsp3) is 0.474. The van der Waals surface area contributed by atoms with Crippen molar-refractivity contribution >= 4 is 17.3 Å². The lowest BCUT2D eigenvalue weighted by Crippen LogP contribution is -2.38. The Balaban J connectivity index is 1.92. The zero-order valence-electron chi connectivity index (χ0n) is 15.3. The highest BCUT2D eigenvalue weighted by Gasteiger charge is 2.04. The van der Waals surface area contributed by atoms with Crippen molar-refractivity contribution in [2.75, 3.05) is 19.7 Å². The number of aromatic nitrogens is 1. The molecule has 25 heavy (non-hydrogen) atoms. The average molecular weight is 361 g/mol. The van der Waals surface area contributed by atoms with Crippen LogP contribution in [0.4, 0.5) is 0 Å². The molecule has 1 aromatic heterocycles. The molecule has 0 radical (unpaired) electrons. The van der Waals surface area contributed by atoms with Crippen molar-refractivity contribution in [3.05, 3.63) is 51.5 Å². The van der Waals surface area contributed by atoms with E-state index >= 15 is 0 Å². The minimum absolute atomic E-state index is 0.634. The number of aryl methyl sites for hydroxylation is 1. The van der Waals surface area contributed by atoms with Crippen molar-refractivity contribution in [1.29, 1.82) is 0 Å². The summed E-state index contributed by atoms with van der Waals surface area (Å²) in [5.41, 5.74) is 2.39. The summed E-state index contributed by atoms with van der Waals surface area (Å²) in [5, 5.41) is 7.84. The molecule has 0 fully saturated rings. The van der Waals surface area contributed by atoms with Crippen molar-refractivity contribution < 1.29 is 4.74 Å². The minimum Gasteiger partial charge on any atom is -0.377 e. The molecule has 0 unspecified atom stereocenters. The van der Waals surface area contributed by atoms with Crippen molar-refractivity contribution in [2.24, 2.45) is 4.99 Å². The van der Waals surface area contributed by atoms with Gasteiger partial charge in [-0.1, -0.05) is 24.3 Å². The molecular weight excluding hydrogens is 332 g/mol. The molecule has 0 bridgehead atoms. The van der Waals surface area contributed by atoms with Gasteiger partial charge in [-0.05, 0) is 31.9 Å². The third kappa shape index (κ3) is 6.84. The van der Waals surface area contributed by atoms with Gasteiger partial charge in [0.05, 0.1) is 18.2 Å². The number of aliphatic imine (C=N–C) groups is 1. The third-order valence-corrected chi connectivity index (χ3v) is 4.60. The Kier molecular flexibility index (Phi) is 8.42. The summed E-state index contributed by atoms with van der Waals surface area (Å²) in [6, 6.07) is 8.30. The van der Waals surface area contributed by atoms with Crippen LogP contribution in [0.25, 0.3) is 0 Å². The molecule has 0 spiro atoms. The van der Waals surface area contributed by atoms with Crippen LogP contribution in [-0.2, 0) is 24.3 Å². The second kappa shape index (κ2) is 10.8. The molecule has 1 heterocycles. The Labute approximate surface area is 154 Å². The van der Waals surface area contributed by atoms with Gasteiger partial charge in [0, 0.05) is 37.2 Å². The van der Waals surface area contributed by atoms with Crippen molar-refractivity contribution in [3.8, 4) is 0 Å². The molecule has 2 N–H and O–H groups in total. The van der Waals surface area contributed by atoms with E-state index in [1.54, 1.807) is 11.3 Å². The maximum absolute atomic E-state index is 5.54. The number of guanidine groups is 1. The first-order valence-electron chi connectivity index (χ1n) is 8.81. The van der Waals surface area contributed by atoms with E-state index in [-0.39, 0.29) is 0 Å². The Morgan fingerprint density at radius 3 is 2.68 bits per heavy atom. The number of hydrogen-bond donors (Lipinski definition) is 2. The maximum Gasteiger partial charge on any atom is 0.191 e. The van der Waals surface area contributed by atoms with Crippen LogP contribution >= 0.6 is 11.3 Å². The van der Waals surface area contributed by atoms with E-state index in [1.165, 1.54) is 16.0 Å². The summed E-state index contributed by atoms with van der Waals surface area (Å²) in [5.74, 6) is 0.835. The standard InChI is InChI=1S/C19H28N4OS/c1-4-20-19(21-11-10-18-22-12-15(3)25-18)23-13-16-8-6-7-9-17(16)14-24-5-2/h6-9,12H,4-5,10-11,13-14H2,1-3H3,(H2,20,21,23). The highest BCUT2D eigenvalue weighted by atomic mass is 32.1. The predicted molar refractivity (Wildman–Crippen MR) is 105 cm³/mol. The van der Waals surface area contributed by atoms with Gasteiger partial charge in [-0.2, -0.15) is 0 Å². The van der Waals surface area contributed by atoms with Gasteiger partial charge in [0.25, 0.3) is 0 Å². The summed E-state index contributed by atoms with van der Waals surface area (Å²) in [4.78, 5) is 10.4. The number of nitrogens with one attached hydrogen (secondary N) is 2. The van der Waals surface area contributed by atoms with Gasteiger partial charge in [0.2, 0.25) is 0 Å². The van der Waals surface area contributed by atoms with E-state index in [2.05, 4.69) is 41.6 Å². The molecule has 2 rings (SSSR count). The Hall–Kier alpha value is -1.92. The van der Waals surface area contributed by atoms with Crippen LogP contribution in [0.15, 0.2) is 35.5 Å². The number of benzene rings is 1. The molecule has 136 valence electrons. The second-order valence-electron chi connectivity index (χ2n) is 5.64. The SMILES string of the molecule is CCNC(=NCc1ccccc1COCC)NCCc1ncc(C)s1. The van der Waals surface area contributed by atoms with E-state index < -0.39 is 0 Å². The van der Waals surface area contributed by atoms with E-state index in [0.29, 0.717) is 13.2 Å². The number of rotatable bonds is 9. The molecule has 1 aromatic carbocycles. The normalized spacial score (nSPS) is 11.6. The molecule has 0 saturated carbocycles. The molecule has 0 aliphatic heterocycles. The highest BCUT2D eigenvalue weighted by Crippen LogP contribution is 2.12. The first kappa shape index (κ1) is 19.4. The lowest BCUT2D eigenvalue weighted by molar-refractivity contribution is 0.133. The van der Waals surface area contributed by atoms with E-state index in [4.69, 9.17) is 9.73 Å². The topological polar surface area (TPSA) is 58.5 Å². The Morgan fingerprint density at radius 2 is 2.00 bits per heavy atom. The number of nitrogens with zero attached hydrogens (tertiary/aromatic N) is 2.